The Morgan fingerprint density at radius 1 is 1.26 bits per heavy atom. The number of hydrogen-bond donors (Lipinski definition) is 2. The molecule has 2 aromatic rings. The van der Waals surface area contributed by atoms with Crippen molar-refractivity contribution in [3.05, 3.63) is 46.2 Å². The predicted octanol–water partition coefficient (Wildman–Crippen LogP) is 1.86. The largest absolute Gasteiger partial charge is 0.481 e. The third kappa shape index (κ3) is 3.60. The van der Waals surface area contributed by atoms with Crippen LogP contribution in [0.5, 0.6) is 0 Å². The lowest BCUT2D eigenvalue weighted by Crippen LogP contribution is -2.36. The SMILES string of the molecule is COCCN(Cc1cc(=O)[nH]c2ccccc12)C(=O)[C@@H]1[C@H](C(=O)O)C1(C)C. The molecule has 2 atom stereocenters. The summed E-state index contributed by atoms with van der Waals surface area (Å²) in [6.07, 6.45) is 0. The fraction of sp³-hybridized carbons (Fsp3) is 0.450. The molecule has 7 heteroatoms. The van der Waals surface area contributed by atoms with E-state index >= 15 is 0 Å². The average Bonchev–Trinajstić information content (AvgIpc) is 3.20. The third-order valence-corrected chi connectivity index (χ3v) is 5.43. The number of carboxylic acid groups (broad SMARTS) is 1. The standard InChI is InChI=1S/C20H24N2O5/c1-20(2)16(17(20)19(25)26)18(24)22(8-9-27-3)11-12-10-15(23)21-14-7-5-4-6-13(12)14/h4-7,10,16-17H,8-9,11H2,1-3H3,(H,21,23)(H,25,26)/t16-,17+/m0/s1. The van der Waals surface area contributed by atoms with Gasteiger partial charge in [0.15, 0.2) is 0 Å². The van der Waals surface area contributed by atoms with Crippen LogP contribution in [0.2, 0.25) is 0 Å². The molecule has 1 aliphatic rings. The van der Waals surface area contributed by atoms with Crippen LogP contribution < -0.4 is 5.56 Å². The van der Waals surface area contributed by atoms with Crippen LogP contribution in [-0.4, -0.2) is 47.1 Å². The first kappa shape index (κ1) is 19.1. The number of fused-ring (bicyclic) bond motifs is 1. The summed E-state index contributed by atoms with van der Waals surface area (Å²) < 4.78 is 5.12. The van der Waals surface area contributed by atoms with Gasteiger partial charge in [-0.3, -0.25) is 14.4 Å². The van der Waals surface area contributed by atoms with Crippen molar-refractivity contribution in [3.63, 3.8) is 0 Å². The molecule has 144 valence electrons. The average molecular weight is 372 g/mol. The van der Waals surface area contributed by atoms with E-state index in [2.05, 4.69) is 4.98 Å². The number of H-pyrrole nitrogens is 1. The van der Waals surface area contributed by atoms with Gasteiger partial charge in [0, 0.05) is 37.2 Å². The molecule has 1 aromatic heterocycles. The highest BCUT2D eigenvalue weighted by Gasteiger charge is 2.66. The minimum absolute atomic E-state index is 0.214. The monoisotopic (exact) mass is 372 g/mol. The van der Waals surface area contributed by atoms with E-state index in [0.717, 1.165) is 10.9 Å². The fourth-order valence-electron chi connectivity index (χ4n) is 3.84. The van der Waals surface area contributed by atoms with Crippen LogP contribution in [-0.2, 0) is 20.9 Å². The summed E-state index contributed by atoms with van der Waals surface area (Å²) in [5, 5.41) is 10.3. The van der Waals surface area contributed by atoms with Crippen LogP contribution in [0.25, 0.3) is 10.9 Å². The molecule has 1 aromatic carbocycles. The van der Waals surface area contributed by atoms with Gasteiger partial charge in [-0.1, -0.05) is 32.0 Å². The number of rotatable bonds is 7. The van der Waals surface area contributed by atoms with Crippen LogP contribution in [0.3, 0.4) is 0 Å². The minimum atomic E-state index is -0.952. The van der Waals surface area contributed by atoms with Crippen LogP contribution in [0.1, 0.15) is 19.4 Å². The number of methoxy groups -OCH3 is 1. The molecule has 1 heterocycles. The van der Waals surface area contributed by atoms with E-state index in [9.17, 15) is 19.5 Å². The number of amides is 1. The van der Waals surface area contributed by atoms with Crippen molar-refractivity contribution in [2.75, 3.05) is 20.3 Å². The van der Waals surface area contributed by atoms with Crippen LogP contribution >= 0.6 is 0 Å². The van der Waals surface area contributed by atoms with Gasteiger partial charge in [-0.15, -0.1) is 0 Å². The summed E-state index contributed by atoms with van der Waals surface area (Å²) in [7, 11) is 1.55. The Morgan fingerprint density at radius 3 is 2.59 bits per heavy atom. The number of para-hydroxylation sites is 1. The van der Waals surface area contributed by atoms with E-state index in [0.29, 0.717) is 18.7 Å². The van der Waals surface area contributed by atoms with Gasteiger partial charge in [0.05, 0.1) is 18.4 Å². The lowest BCUT2D eigenvalue weighted by Gasteiger charge is -2.24. The Labute approximate surface area is 156 Å². The Morgan fingerprint density at radius 2 is 1.96 bits per heavy atom. The smallest absolute Gasteiger partial charge is 0.307 e. The highest BCUT2D eigenvalue weighted by molar-refractivity contribution is 5.92. The van der Waals surface area contributed by atoms with Crippen LogP contribution in [0.15, 0.2) is 35.1 Å². The third-order valence-electron chi connectivity index (χ3n) is 5.43. The zero-order valence-corrected chi connectivity index (χ0v) is 15.7. The molecule has 1 fully saturated rings. The van der Waals surface area contributed by atoms with Crippen molar-refractivity contribution >= 4 is 22.8 Å². The number of hydrogen-bond acceptors (Lipinski definition) is 4. The zero-order chi connectivity index (χ0) is 19.8. The van der Waals surface area contributed by atoms with Gasteiger partial charge in [-0.05, 0) is 17.0 Å². The second-order valence-electron chi connectivity index (χ2n) is 7.57. The number of aromatic amines is 1. The maximum Gasteiger partial charge on any atom is 0.307 e. The van der Waals surface area contributed by atoms with Crippen LogP contribution in [0.4, 0.5) is 0 Å². The van der Waals surface area contributed by atoms with Crippen molar-refractivity contribution in [2.45, 2.75) is 20.4 Å². The molecule has 0 unspecified atom stereocenters. The van der Waals surface area contributed by atoms with Gasteiger partial charge in [0.1, 0.15) is 0 Å². The summed E-state index contributed by atoms with van der Waals surface area (Å²) in [6.45, 7) is 4.48. The molecule has 0 bridgehead atoms. The first-order valence-electron chi connectivity index (χ1n) is 8.89. The Bertz CT molecular complexity index is 933. The number of nitrogens with zero attached hydrogens (tertiary/aromatic N) is 1. The molecule has 2 N–H and O–H groups in total. The maximum absolute atomic E-state index is 13.1. The highest BCUT2D eigenvalue weighted by Crippen LogP contribution is 2.59. The number of benzene rings is 1. The predicted molar refractivity (Wildman–Crippen MR) is 100 cm³/mol. The van der Waals surface area contributed by atoms with E-state index in [4.69, 9.17) is 4.74 Å². The quantitative estimate of drug-likeness (QED) is 0.773. The number of ether oxygens (including phenoxy) is 1. The summed E-state index contributed by atoms with van der Waals surface area (Å²) >= 11 is 0. The van der Waals surface area contributed by atoms with Crippen molar-refractivity contribution in [3.8, 4) is 0 Å². The van der Waals surface area contributed by atoms with Gasteiger partial charge in [0.2, 0.25) is 11.5 Å². The molecular formula is C20H24N2O5. The molecule has 1 aliphatic carbocycles. The van der Waals surface area contributed by atoms with Gasteiger partial charge >= 0.3 is 5.97 Å². The second-order valence-corrected chi connectivity index (χ2v) is 7.57. The van der Waals surface area contributed by atoms with Crippen molar-refractivity contribution < 1.29 is 19.4 Å². The van der Waals surface area contributed by atoms with Crippen molar-refractivity contribution in [1.82, 2.24) is 9.88 Å². The number of aliphatic carboxylic acids is 1. The summed E-state index contributed by atoms with van der Waals surface area (Å²) in [4.78, 5) is 40.9. The van der Waals surface area contributed by atoms with E-state index < -0.39 is 23.2 Å². The maximum atomic E-state index is 13.1. The molecule has 0 radical (unpaired) electrons. The fourth-order valence-corrected chi connectivity index (χ4v) is 3.84. The topological polar surface area (TPSA) is 99.7 Å². The van der Waals surface area contributed by atoms with E-state index in [1.54, 1.807) is 25.9 Å². The molecule has 27 heavy (non-hydrogen) atoms. The number of aromatic nitrogens is 1. The summed E-state index contributed by atoms with van der Waals surface area (Å²) in [5.41, 5.74) is 0.612. The molecule has 0 spiro atoms. The first-order chi connectivity index (χ1) is 12.8. The molecule has 7 nitrogen and oxygen atoms in total. The van der Waals surface area contributed by atoms with Gasteiger partial charge in [0.25, 0.3) is 0 Å². The van der Waals surface area contributed by atoms with Gasteiger partial charge < -0.3 is 19.7 Å². The lowest BCUT2D eigenvalue weighted by atomic mass is 10.1. The minimum Gasteiger partial charge on any atom is -0.481 e. The number of nitrogens with one attached hydrogen (secondary N) is 1. The normalized spacial score (nSPS) is 20.4. The molecule has 0 saturated heterocycles. The Hall–Kier alpha value is -2.67. The number of pyridine rings is 1. The summed E-state index contributed by atoms with van der Waals surface area (Å²) in [5.74, 6) is -2.42. The van der Waals surface area contributed by atoms with E-state index in [-0.39, 0.29) is 18.0 Å². The van der Waals surface area contributed by atoms with Crippen LogP contribution in [0, 0.1) is 17.3 Å². The molecule has 1 saturated carbocycles. The Balaban J connectivity index is 1.92. The number of carbonyl (C=O) groups is 2. The van der Waals surface area contributed by atoms with E-state index in [1.807, 2.05) is 24.3 Å². The summed E-state index contributed by atoms with van der Waals surface area (Å²) in [6, 6.07) is 8.89. The van der Waals surface area contributed by atoms with Gasteiger partial charge in [-0.25, -0.2) is 0 Å². The second kappa shape index (κ2) is 7.15. The molecule has 1 amide bonds. The zero-order valence-electron chi connectivity index (χ0n) is 15.7. The highest BCUT2D eigenvalue weighted by atomic mass is 16.5. The van der Waals surface area contributed by atoms with Crippen molar-refractivity contribution in [1.29, 1.82) is 0 Å². The molecule has 3 rings (SSSR count). The number of carbonyl (C=O) groups excluding carboxylic acids is 1. The first-order valence-corrected chi connectivity index (χ1v) is 8.89. The lowest BCUT2D eigenvalue weighted by molar-refractivity contribution is -0.142. The molecule has 0 aliphatic heterocycles. The number of carboxylic acids is 1. The van der Waals surface area contributed by atoms with Crippen molar-refractivity contribution in [2.24, 2.45) is 17.3 Å². The molecular weight excluding hydrogens is 348 g/mol. The van der Waals surface area contributed by atoms with E-state index in [1.165, 1.54) is 6.07 Å². The Kier molecular flexibility index (Phi) is 5.06. The van der Waals surface area contributed by atoms with Gasteiger partial charge in [-0.2, -0.15) is 0 Å².